The van der Waals surface area contributed by atoms with E-state index in [1.54, 1.807) is 28.9 Å². The van der Waals surface area contributed by atoms with E-state index < -0.39 is 0 Å². The lowest BCUT2D eigenvalue weighted by Crippen LogP contribution is -2.16. The molecule has 30 heavy (non-hydrogen) atoms. The third kappa shape index (κ3) is 3.86. The number of nitrogens with one attached hydrogen (secondary N) is 2. The van der Waals surface area contributed by atoms with E-state index in [4.69, 9.17) is 0 Å². The van der Waals surface area contributed by atoms with E-state index in [0.29, 0.717) is 28.5 Å². The normalized spacial score (nSPS) is 10.6. The number of para-hydroxylation sites is 1. The molecule has 2 aromatic carbocycles. The first-order valence-electron chi connectivity index (χ1n) is 9.50. The zero-order valence-corrected chi connectivity index (χ0v) is 16.7. The number of aromatic nitrogens is 3. The monoisotopic (exact) mass is 399 g/mol. The molecule has 2 amide bonds. The zero-order valence-electron chi connectivity index (χ0n) is 16.7. The lowest BCUT2D eigenvalue weighted by molar-refractivity contribution is -0.114. The van der Waals surface area contributed by atoms with Gasteiger partial charge in [-0.1, -0.05) is 18.2 Å². The Hall–Kier alpha value is -4.13. The Morgan fingerprint density at radius 1 is 0.833 bits per heavy atom. The first kappa shape index (κ1) is 19.2. The molecule has 0 fully saturated rings. The number of carbonyl (C=O) groups is 2. The van der Waals surface area contributed by atoms with E-state index in [2.05, 4.69) is 15.7 Å². The standard InChI is InChI=1S/C23H21N5O2/c1-16-21(22(30)25-19-12-10-18(11-13-19)24-17(2)29)23(27-14-6-7-15-27)28(26-16)20-8-4-3-5-9-20/h3-15H,1-2H3,(H,24,29)(H,25,30). The van der Waals surface area contributed by atoms with Crippen LogP contribution in [0.1, 0.15) is 23.0 Å². The van der Waals surface area contributed by atoms with Gasteiger partial charge in [0.05, 0.1) is 11.4 Å². The summed E-state index contributed by atoms with van der Waals surface area (Å²) in [5.74, 6) is 0.258. The minimum Gasteiger partial charge on any atom is -0.326 e. The van der Waals surface area contributed by atoms with Gasteiger partial charge in [0.2, 0.25) is 5.91 Å². The average Bonchev–Trinajstić information content (AvgIpc) is 3.37. The minimum atomic E-state index is -0.259. The topological polar surface area (TPSA) is 81.0 Å². The molecule has 7 heteroatoms. The van der Waals surface area contributed by atoms with Gasteiger partial charge in [0.15, 0.2) is 5.82 Å². The number of nitrogens with zero attached hydrogens (tertiary/aromatic N) is 3. The quantitative estimate of drug-likeness (QED) is 0.528. The Balaban J connectivity index is 1.71. The summed E-state index contributed by atoms with van der Waals surface area (Å²) in [6, 6.07) is 20.5. The lowest BCUT2D eigenvalue weighted by Gasteiger charge is -2.11. The van der Waals surface area contributed by atoms with Crippen LogP contribution < -0.4 is 10.6 Å². The second kappa shape index (κ2) is 8.08. The van der Waals surface area contributed by atoms with E-state index in [0.717, 1.165) is 5.69 Å². The van der Waals surface area contributed by atoms with Crippen molar-refractivity contribution in [3.63, 3.8) is 0 Å². The highest BCUT2D eigenvalue weighted by Crippen LogP contribution is 2.24. The van der Waals surface area contributed by atoms with Crippen LogP contribution in [0.15, 0.2) is 79.1 Å². The van der Waals surface area contributed by atoms with Gasteiger partial charge in [-0.05, 0) is 55.5 Å². The van der Waals surface area contributed by atoms with E-state index in [9.17, 15) is 9.59 Å². The predicted molar refractivity (Wildman–Crippen MR) is 116 cm³/mol. The van der Waals surface area contributed by atoms with Crippen molar-refractivity contribution in [1.29, 1.82) is 0 Å². The fraction of sp³-hybridized carbons (Fsp3) is 0.0870. The molecular weight excluding hydrogens is 378 g/mol. The summed E-state index contributed by atoms with van der Waals surface area (Å²) in [6.45, 7) is 3.27. The molecule has 0 unspecified atom stereocenters. The van der Waals surface area contributed by atoms with Crippen molar-refractivity contribution in [1.82, 2.24) is 14.3 Å². The molecule has 150 valence electrons. The minimum absolute atomic E-state index is 0.146. The van der Waals surface area contributed by atoms with Crippen LogP contribution in [-0.4, -0.2) is 26.2 Å². The number of carbonyl (C=O) groups excluding carboxylic acids is 2. The lowest BCUT2D eigenvalue weighted by atomic mass is 10.2. The Labute approximate surface area is 174 Å². The Morgan fingerprint density at radius 2 is 1.43 bits per heavy atom. The fourth-order valence-corrected chi connectivity index (χ4v) is 3.28. The average molecular weight is 399 g/mol. The molecular formula is C23H21N5O2. The molecule has 0 saturated carbocycles. The highest BCUT2D eigenvalue weighted by molar-refractivity contribution is 6.07. The summed E-state index contributed by atoms with van der Waals surface area (Å²) in [4.78, 5) is 24.4. The van der Waals surface area contributed by atoms with Crippen LogP contribution in [0.5, 0.6) is 0 Å². The molecule has 0 aliphatic rings. The largest absolute Gasteiger partial charge is 0.326 e. The van der Waals surface area contributed by atoms with Crippen LogP contribution in [0, 0.1) is 6.92 Å². The molecule has 2 N–H and O–H groups in total. The zero-order chi connectivity index (χ0) is 21.1. The van der Waals surface area contributed by atoms with E-state index >= 15 is 0 Å². The number of hydrogen-bond donors (Lipinski definition) is 2. The highest BCUT2D eigenvalue weighted by atomic mass is 16.2. The maximum Gasteiger partial charge on any atom is 0.261 e. The van der Waals surface area contributed by atoms with Gasteiger partial charge in [0.1, 0.15) is 5.56 Å². The predicted octanol–water partition coefficient (Wildman–Crippen LogP) is 4.18. The van der Waals surface area contributed by atoms with Crippen LogP contribution in [0.4, 0.5) is 11.4 Å². The molecule has 7 nitrogen and oxygen atoms in total. The van der Waals surface area contributed by atoms with Gasteiger partial charge in [0.25, 0.3) is 5.91 Å². The van der Waals surface area contributed by atoms with Gasteiger partial charge in [-0.3, -0.25) is 9.59 Å². The first-order chi connectivity index (χ1) is 14.5. The van der Waals surface area contributed by atoms with Gasteiger partial charge in [0, 0.05) is 30.7 Å². The molecule has 0 radical (unpaired) electrons. The second-order valence-corrected chi connectivity index (χ2v) is 6.83. The van der Waals surface area contributed by atoms with E-state index in [1.807, 2.05) is 66.3 Å². The molecule has 0 atom stereocenters. The molecule has 0 aliphatic heterocycles. The van der Waals surface area contributed by atoms with E-state index in [1.165, 1.54) is 6.92 Å². The van der Waals surface area contributed by atoms with Crippen LogP contribution in [0.2, 0.25) is 0 Å². The van der Waals surface area contributed by atoms with Crippen molar-refractivity contribution in [3.8, 4) is 11.5 Å². The molecule has 2 heterocycles. The third-order valence-corrected chi connectivity index (χ3v) is 4.58. The number of amides is 2. The van der Waals surface area contributed by atoms with E-state index in [-0.39, 0.29) is 11.8 Å². The second-order valence-electron chi connectivity index (χ2n) is 6.83. The Kier molecular flexibility index (Phi) is 5.17. The molecule has 4 rings (SSSR count). The van der Waals surface area contributed by atoms with Gasteiger partial charge < -0.3 is 15.2 Å². The third-order valence-electron chi connectivity index (χ3n) is 4.58. The van der Waals surface area contributed by atoms with Crippen molar-refractivity contribution >= 4 is 23.2 Å². The maximum absolute atomic E-state index is 13.2. The summed E-state index contributed by atoms with van der Waals surface area (Å²) in [6.07, 6.45) is 3.77. The van der Waals surface area contributed by atoms with Crippen molar-refractivity contribution in [2.45, 2.75) is 13.8 Å². The van der Waals surface area contributed by atoms with Gasteiger partial charge in [-0.2, -0.15) is 5.10 Å². The van der Waals surface area contributed by atoms with Gasteiger partial charge >= 0.3 is 0 Å². The van der Waals surface area contributed by atoms with Crippen molar-refractivity contribution < 1.29 is 9.59 Å². The van der Waals surface area contributed by atoms with Gasteiger partial charge in [-0.25, -0.2) is 4.68 Å². The number of hydrogen-bond acceptors (Lipinski definition) is 3. The Bertz CT molecular complexity index is 1180. The van der Waals surface area contributed by atoms with Crippen LogP contribution >= 0.6 is 0 Å². The fourth-order valence-electron chi connectivity index (χ4n) is 3.28. The summed E-state index contributed by atoms with van der Waals surface area (Å²) >= 11 is 0. The highest BCUT2D eigenvalue weighted by Gasteiger charge is 2.23. The molecule has 0 saturated heterocycles. The van der Waals surface area contributed by atoms with Crippen molar-refractivity contribution in [2.75, 3.05) is 10.6 Å². The summed E-state index contributed by atoms with van der Waals surface area (Å²) in [5, 5.41) is 10.3. The molecule has 4 aromatic rings. The summed E-state index contributed by atoms with van der Waals surface area (Å²) < 4.78 is 3.64. The molecule has 0 spiro atoms. The van der Waals surface area contributed by atoms with Crippen molar-refractivity contribution in [2.24, 2.45) is 0 Å². The molecule has 0 bridgehead atoms. The number of aryl methyl sites for hydroxylation is 1. The number of anilines is 2. The molecule has 2 aromatic heterocycles. The maximum atomic E-state index is 13.2. The first-order valence-corrected chi connectivity index (χ1v) is 9.50. The Morgan fingerprint density at radius 3 is 2.03 bits per heavy atom. The van der Waals surface area contributed by atoms with Crippen LogP contribution in [0.25, 0.3) is 11.5 Å². The molecule has 0 aliphatic carbocycles. The van der Waals surface area contributed by atoms with Gasteiger partial charge in [-0.15, -0.1) is 0 Å². The number of benzene rings is 2. The SMILES string of the molecule is CC(=O)Nc1ccc(NC(=O)c2c(C)nn(-c3ccccc3)c2-n2cccc2)cc1. The number of rotatable bonds is 5. The van der Waals surface area contributed by atoms with Crippen LogP contribution in [-0.2, 0) is 4.79 Å². The van der Waals surface area contributed by atoms with Crippen molar-refractivity contribution in [3.05, 3.63) is 90.4 Å². The van der Waals surface area contributed by atoms with Crippen LogP contribution in [0.3, 0.4) is 0 Å². The summed E-state index contributed by atoms with van der Waals surface area (Å²) in [7, 11) is 0. The smallest absolute Gasteiger partial charge is 0.261 e. The summed E-state index contributed by atoms with van der Waals surface area (Å²) in [5.41, 5.74) is 3.26.